The van der Waals surface area contributed by atoms with Gasteiger partial charge in [0.05, 0.1) is 16.9 Å². The van der Waals surface area contributed by atoms with Crippen LogP contribution in [0.4, 0.5) is 14.5 Å². The number of alkyl halides is 2. The van der Waals surface area contributed by atoms with E-state index in [4.69, 9.17) is 11.6 Å². The number of nitrogens with zero attached hydrogens (tertiary/aromatic N) is 1. The molecule has 2 rings (SSSR count). The van der Waals surface area contributed by atoms with Crippen LogP contribution < -0.4 is 10.1 Å². The van der Waals surface area contributed by atoms with Crippen LogP contribution in [0.5, 0.6) is 5.75 Å². The van der Waals surface area contributed by atoms with E-state index in [1.165, 1.54) is 12.1 Å². The van der Waals surface area contributed by atoms with E-state index in [0.717, 1.165) is 11.3 Å². The van der Waals surface area contributed by atoms with Gasteiger partial charge in [-0.25, -0.2) is 0 Å². The molecule has 1 atom stereocenters. The van der Waals surface area contributed by atoms with Gasteiger partial charge in [0, 0.05) is 12.2 Å². The normalized spacial score (nSPS) is 12.2. The molecule has 0 saturated heterocycles. The summed E-state index contributed by atoms with van der Waals surface area (Å²) < 4.78 is 28.4. The van der Waals surface area contributed by atoms with Crippen molar-refractivity contribution >= 4 is 17.3 Å². The molecule has 1 heterocycles. The van der Waals surface area contributed by atoms with Gasteiger partial charge in [-0.15, -0.1) is 0 Å². The van der Waals surface area contributed by atoms with Gasteiger partial charge in [-0.3, -0.25) is 4.98 Å². The third-order valence-electron chi connectivity index (χ3n) is 2.75. The monoisotopic (exact) mass is 298 g/mol. The summed E-state index contributed by atoms with van der Waals surface area (Å²) in [5.41, 5.74) is 1.64. The fourth-order valence-electron chi connectivity index (χ4n) is 1.74. The zero-order valence-electron chi connectivity index (χ0n) is 10.7. The Morgan fingerprint density at radius 2 is 1.90 bits per heavy atom. The number of rotatable bonds is 5. The first-order valence-electron chi connectivity index (χ1n) is 5.97. The lowest BCUT2D eigenvalue weighted by Crippen LogP contribution is -2.07. The van der Waals surface area contributed by atoms with E-state index in [0.29, 0.717) is 5.02 Å². The van der Waals surface area contributed by atoms with Crippen molar-refractivity contribution < 1.29 is 13.5 Å². The van der Waals surface area contributed by atoms with E-state index >= 15 is 0 Å². The Bertz CT molecular complexity index is 563. The van der Waals surface area contributed by atoms with E-state index < -0.39 is 6.61 Å². The standard InChI is InChI=1S/C14H13ClF2N2O/c1-9(19-13-8-18-7-6-12(13)15)10-2-4-11(5-3-10)20-14(16)17/h2-9,14,19H,1H3. The van der Waals surface area contributed by atoms with Crippen molar-refractivity contribution in [3.8, 4) is 5.75 Å². The molecule has 3 nitrogen and oxygen atoms in total. The van der Waals surface area contributed by atoms with Crippen molar-refractivity contribution in [3.63, 3.8) is 0 Å². The van der Waals surface area contributed by atoms with Crippen LogP contribution in [0.25, 0.3) is 0 Å². The lowest BCUT2D eigenvalue weighted by atomic mass is 10.1. The third kappa shape index (κ3) is 3.81. The minimum Gasteiger partial charge on any atom is -0.435 e. The lowest BCUT2D eigenvalue weighted by molar-refractivity contribution is -0.0498. The fourth-order valence-corrected chi connectivity index (χ4v) is 1.90. The molecule has 0 saturated carbocycles. The van der Waals surface area contributed by atoms with E-state index in [9.17, 15) is 8.78 Å². The average Bonchev–Trinajstić information content (AvgIpc) is 2.41. The maximum Gasteiger partial charge on any atom is 0.387 e. The predicted molar refractivity (Wildman–Crippen MR) is 74.4 cm³/mol. The summed E-state index contributed by atoms with van der Waals surface area (Å²) in [5.74, 6) is 0.135. The van der Waals surface area contributed by atoms with Gasteiger partial charge in [0.15, 0.2) is 0 Å². The second-order valence-corrected chi connectivity index (χ2v) is 4.58. The number of hydrogen-bond acceptors (Lipinski definition) is 3. The van der Waals surface area contributed by atoms with Crippen LogP contribution in [0, 0.1) is 0 Å². The first-order chi connectivity index (χ1) is 9.56. The third-order valence-corrected chi connectivity index (χ3v) is 3.07. The van der Waals surface area contributed by atoms with Crippen molar-refractivity contribution in [2.45, 2.75) is 19.6 Å². The number of benzene rings is 1. The second-order valence-electron chi connectivity index (χ2n) is 4.17. The number of ether oxygens (including phenoxy) is 1. The molecule has 6 heteroatoms. The van der Waals surface area contributed by atoms with Gasteiger partial charge < -0.3 is 10.1 Å². The molecular formula is C14H13ClF2N2O. The van der Waals surface area contributed by atoms with Crippen molar-refractivity contribution in [3.05, 3.63) is 53.3 Å². The van der Waals surface area contributed by atoms with Crippen molar-refractivity contribution in [1.29, 1.82) is 0 Å². The molecule has 1 unspecified atom stereocenters. The molecule has 0 amide bonds. The summed E-state index contributed by atoms with van der Waals surface area (Å²) in [4.78, 5) is 3.99. The number of pyridine rings is 1. The lowest BCUT2D eigenvalue weighted by Gasteiger charge is -2.16. The van der Waals surface area contributed by atoms with Crippen molar-refractivity contribution in [1.82, 2.24) is 4.98 Å². The minimum atomic E-state index is -2.81. The summed E-state index contributed by atoms with van der Waals surface area (Å²) in [6, 6.07) is 8.10. The molecule has 0 spiro atoms. The van der Waals surface area contributed by atoms with Crippen molar-refractivity contribution in [2.24, 2.45) is 0 Å². The van der Waals surface area contributed by atoms with Crippen LogP contribution in [-0.4, -0.2) is 11.6 Å². The van der Waals surface area contributed by atoms with Crippen LogP contribution in [0.2, 0.25) is 5.02 Å². The number of aromatic nitrogens is 1. The summed E-state index contributed by atoms with van der Waals surface area (Å²) in [5, 5.41) is 3.78. The largest absolute Gasteiger partial charge is 0.435 e. The Morgan fingerprint density at radius 1 is 1.20 bits per heavy atom. The zero-order chi connectivity index (χ0) is 14.5. The first kappa shape index (κ1) is 14.5. The quantitative estimate of drug-likeness (QED) is 0.882. The molecule has 0 bridgehead atoms. The highest BCUT2D eigenvalue weighted by Crippen LogP contribution is 2.26. The van der Waals surface area contributed by atoms with E-state index in [1.54, 1.807) is 30.6 Å². The second kappa shape index (κ2) is 6.52. The van der Waals surface area contributed by atoms with Gasteiger partial charge in [-0.1, -0.05) is 23.7 Å². The Morgan fingerprint density at radius 3 is 2.50 bits per heavy atom. The van der Waals surface area contributed by atoms with Gasteiger partial charge in [0.25, 0.3) is 0 Å². The average molecular weight is 299 g/mol. The summed E-state index contributed by atoms with van der Waals surface area (Å²) in [6.07, 6.45) is 3.24. The molecule has 20 heavy (non-hydrogen) atoms. The first-order valence-corrected chi connectivity index (χ1v) is 6.35. The molecule has 1 aromatic carbocycles. The summed E-state index contributed by atoms with van der Waals surface area (Å²) >= 11 is 6.03. The van der Waals surface area contributed by atoms with Gasteiger partial charge in [0.2, 0.25) is 0 Å². The molecule has 0 fully saturated rings. The van der Waals surface area contributed by atoms with Crippen LogP contribution in [-0.2, 0) is 0 Å². The number of nitrogens with one attached hydrogen (secondary N) is 1. The number of halogens is 3. The van der Waals surface area contributed by atoms with Gasteiger partial charge in [0.1, 0.15) is 5.75 Å². The highest BCUT2D eigenvalue weighted by molar-refractivity contribution is 6.33. The molecule has 0 aliphatic carbocycles. The van der Waals surface area contributed by atoms with Gasteiger partial charge in [-0.05, 0) is 30.7 Å². The minimum absolute atomic E-state index is 0.0442. The Balaban J connectivity index is 2.06. The maximum atomic E-state index is 12.1. The van der Waals surface area contributed by atoms with Crippen molar-refractivity contribution in [2.75, 3.05) is 5.32 Å². The molecule has 2 aromatic rings. The smallest absolute Gasteiger partial charge is 0.387 e. The summed E-state index contributed by atoms with van der Waals surface area (Å²) in [6.45, 7) is -0.877. The molecule has 1 aromatic heterocycles. The molecular weight excluding hydrogens is 286 g/mol. The SMILES string of the molecule is CC(Nc1cnccc1Cl)c1ccc(OC(F)F)cc1. The van der Waals surface area contributed by atoms with Crippen LogP contribution in [0.15, 0.2) is 42.7 Å². The Labute approximate surface area is 120 Å². The van der Waals surface area contributed by atoms with Gasteiger partial charge >= 0.3 is 6.61 Å². The Kier molecular flexibility index (Phi) is 4.74. The molecule has 0 aliphatic rings. The molecule has 106 valence electrons. The maximum absolute atomic E-state index is 12.1. The predicted octanol–water partition coefficient (Wildman–Crippen LogP) is 4.51. The van der Waals surface area contributed by atoms with Gasteiger partial charge in [-0.2, -0.15) is 8.78 Å². The van der Waals surface area contributed by atoms with E-state index in [1.807, 2.05) is 6.92 Å². The topological polar surface area (TPSA) is 34.2 Å². The van der Waals surface area contributed by atoms with Crippen LogP contribution in [0.1, 0.15) is 18.5 Å². The zero-order valence-corrected chi connectivity index (χ0v) is 11.4. The van der Waals surface area contributed by atoms with Crippen LogP contribution >= 0.6 is 11.6 Å². The highest BCUT2D eigenvalue weighted by Gasteiger charge is 2.09. The van der Waals surface area contributed by atoms with Crippen LogP contribution in [0.3, 0.4) is 0 Å². The number of hydrogen-bond donors (Lipinski definition) is 1. The fraction of sp³-hybridized carbons (Fsp3) is 0.214. The van der Waals surface area contributed by atoms with E-state index in [-0.39, 0.29) is 11.8 Å². The highest BCUT2D eigenvalue weighted by atomic mass is 35.5. The number of anilines is 1. The van der Waals surface area contributed by atoms with E-state index in [2.05, 4.69) is 15.0 Å². The molecule has 1 N–H and O–H groups in total. The Hall–Kier alpha value is -1.88. The molecule has 0 radical (unpaired) electrons. The molecule has 0 aliphatic heterocycles. The summed E-state index contributed by atoms with van der Waals surface area (Å²) in [7, 11) is 0.